The molecule has 124 valence electrons. The summed E-state index contributed by atoms with van der Waals surface area (Å²) in [6, 6.07) is 18.2. The average Bonchev–Trinajstić information content (AvgIpc) is 2.97. The normalized spacial score (nSPS) is 12.1. The maximum atomic E-state index is 5.56. The molecule has 0 spiro atoms. The van der Waals surface area contributed by atoms with Gasteiger partial charge in [-0.1, -0.05) is 18.2 Å². The number of nitrogens with zero attached hydrogens (tertiary/aromatic N) is 3. The SMILES string of the molecule is COc1ccc(C[NH+](C)Cn2ncn(-c3ccccc3)c2=S)cc1. The quantitative estimate of drug-likeness (QED) is 0.698. The van der Waals surface area contributed by atoms with Gasteiger partial charge in [-0.15, -0.1) is 0 Å². The highest BCUT2D eigenvalue weighted by atomic mass is 32.1. The van der Waals surface area contributed by atoms with Gasteiger partial charge in [0.1, 0.15) is 18.6 Å². The monoisotopic (exact) mass is 341 g/mol. The highest BCUT2D eigenvalue weighted by molar-refractivity contribution is 7.71. The molecular formula is C18H21N4OS+. The first-order valence-electron chi connectivity index (χ1n) is 7.81. The molecular weight excluding hydrogens is 320 g/mol. The van der Waals surface area contributed by atoms with Crippen molar-refractivity contribution in [1.82, 2.24) is 14.3 Å². The summed E-state index contributed by atoms with van der Waals surface area (Å²) in [5, 5.41) is 4.44. The van der Waals surface area contributed by atoms with Crippen LogP contribution in [0.3, 0.4) is 0 Å². The molecule has 2 aromatic carbocycles. The summed E-state index contributed by atoms with van der Waals surface area (Å²) >= 11 is 5.56. The molecule has 0 amide bonds. The van der Waals surface area contributed by atoms with Crippen LogP contribution in [0.25, 0.3) is 5.69 Å². The van der Waals surface area contributed by atoms with Crippen molar-refractivity contribution in [2.45, 2.75) is 13.2 Å². The Bertz CT molecular complexity index is 839. The van der Waals surface area contributed by atoms with Crippen molar-refractivity contribution < 1.29 is 9.64 Å². The van der Waals surface area contributed by atoms with E-state index in [9.17, 15) is 0 Å². The van der Waals surface area contributed by atoms with Crippen LogP contribution in [-0.4, -0.2) is 28.5 Å². The van der Waals surface area contributed by atoms with Crippen LogP contribution < -0.4 is 9.64 Å². The van der Waals surface area contributed by atoms with Gasteiger partial charge in [-0.05, 0) is 48.6 Å². The van der Waals surface area contributed by atoms with Crippen molar-refractivity contribution in [1.29, 1.82) is 0 Å². The van der Waals surface area contributed by atoms with Gasteiger partial charge in [0.05, 0.1) is 14.2 Å². The predicted octanol–water partition coefficient (Wildman–Crippen LogP) is 2.08. The van der Waals surface area contributed by atoms with E-state index in [-0.39, 0.29) is 0 Å². The highest BCUT2D eigenvalue weighted by Gasteiger charge is 2.09. The zero-order valence-electron chi connectivity index (χ0n) is 13.8. The molecule has 1 heterocycles. The number of hydrogen-bond donors (Lipinski definition) is 1. The molecule has 1 atom stereocenters. The van der Waals surface area contributed by atoms with Gasteiger partial charge in [0.2, 0.25) is 4.77 Å². The lowest BCUT2D eigenvalue weighted by Gasteiger charge is -2.14. The number of aromatic nitrogens is 3. The van der Waals surface area contributed by atoms with E-state index >= 15 is 0 Å². The molecule has 0 aliphatic rings. The van der Waals surface area contributed by atoms with Crippen LogP contribution in [0, 0.1) is 4.77 Å². The van der Waals surface area contributed by atoms with Gasteiger partial charge in [0.15, 0.2) is 6.67 Å². The third-order valence-corrected chi connectivity index (χ3v) is 4.26. The van der Waals surface area contributed by atoms with Crippen LogP contribution in [-0.2, 0) is 13.2 Å². The van der Waals surface area contributed by atoms with Crippen LogP contribution in [0.5, 0.6) is 5.75 Å². The molecule has 6 heteroatoms. The minimum absolute atomic E-state index is 0.704. The Kier molecular flexibility index (Phi) is 5.08. The van der Waals surface area contributed by atoms with E-state index in [1.54, 1.807) is 13.4 Å². The second kappa shape index (κ2) is 7.42. The van der Waals surface area contributed by atoms with E-state index in [2.05, 4.69) is 24.3 Å². The molecule has 5 nitrogen and oxygen atoms in total. The van der Waals surface area contributed by atoms with Crippen molar-refractivity contribution in [3.8, 4) is 11.4 Å². The molecule has 0 fully saturated rings. The number of benzene rings is 2. The first-order chi connectivity index (χ1) is 11.7. The third-order valence-electron chi connectivity index (χ3n) is 3.85. The maximum absolute atomic E-state index is 5.56. The van der Waals surface area contributed by atoms with Gasteiger partial charge < -0.3 is 9.64 Å². The third kappa shape index (κ3) is 3.72. The minimum Gasteiger partial charge on any atom is -0.497 e. The predicted molar refractivity (Wildman–Crippen MR) is 96.0 cm³/mol. The molecule has 24 heavy (non-hydrogen) atoms. The molecule has 3 rings (SSSR count). The fraction of sp³-hybridized carbons (Fsp3) is 0.222. The second-order valence-electron chi connectivity index (χ2n) is 5.76. The summed E-state index contributed by atoms with van der Waals surface area (Å²) in [5.41, 5.74) is 2.28. The number of quaternary nitrogens is 1. The molecule has 1 N–H and O–H groups in total. The van der Waals surface area contributed by atoms with E-state index in [4.69, 9.17) is 17.0 Å². The lowest BCUT2D eigenvalue weighted by atomic mass is 10.2. The van der Waals surface area contributed by atoms with E-state index in [1.807, 2.05) is 51.7 Å². The topological polar surface area (TPSA) is 36.4 Å². The number of ether oxygens (including phenoxy) is 1. The van der Waals surface area contributed by atoms with Crippen molar-refractivity contribution >= 4 is 12.2 Å². The molecule has 1 unspecified atom stereocenters. The lowest BCUT2D eigenvalue weighted by molar-refractivity contribution is -0.917. The van der Waals surface area contributed by atoms with Gasteiger partial charge in [-0.25, -0.2) is 0 Å². The zero-order chi connectivity index (χ0) is 16.9. The summed E-state index contributed by atoms with van der Waals surface area (Å²) in [5.74, 6) is 0.875. The smallest absolute Gasteiger partial charge is 0.207 e. The average molecular weight is 341 g/mol. The Balaban J connectivity index is 1.69. The van der Waals surface area contributed by atoms with Crippen molar-refractivity contribution in [3.05, 3.63) is 71.3 Å². The van der Waals surface area contributed by atoms with Crippen molar-refractivity contribution in [2.24, 2.45) is 0 Å². The molecule has 0 saturated heterocycles. The molecule has 0 bridgehead atoms. The van der Waals surface area contributed by atoms with Crippen LogP contribution in [0.2, 0.25) is 0 Å². The second-order valence-corrected chi connectivity index (χ2v) is 6.12. The van der Waals surface area contributed by atoms with Crippen LogP contribution >= 0.6 is 12.2 Å². The van der Waals surface area contributed by atoms with Gasteiger partial charge in [0, 0.05) is 11.3 Å². The fourth-order valence-corrected chi connectivity index (χ4v) is 2.88. The molecule has 0 aliphatic carbocycles. The van der Waals surface area contributed by atoms with Crippen LogP contribution in [0.15, 0.2) is 60.9 Å². The Morgan fingerprint density at radius 3 is 2.46 bits per heavy atom. The molecule has 0 radical (unpaired) electrons. The van der Waals surface area contributed by atoms with Crippen molar-refractivity contribution in [2.75, 3.05) is 14.2 Å². The lowest BCUT2D eigenvalue weighted by Crippen LogP contribution is -3.07. The molecule has 0 aliphatic heterocycles. The number of para-hydroxylation sites is 1. The molecule has 1 aromatic heterocycles. The first kappa shape index (κ1) is 16.4. The van der Waals surface area contributed by atoms with Crippen LogP contribution in [0.1, 0.15) is 5.56 Å². The summed E-state index contributed by atoms with van der Waals surface area (Å²) in [4.78, 5) is 1.30. The van der Waals surface area contributed by atoms with E-state index < -0.39 is 0 Å². The Labute approximate surface area is 146 Å². The van der Waals surface area contributed by atoms with E-state index in [1.165, 1.54) is 10.5 Å². The number of hydrogen-bond acceptors (Lipinski definition) is 3. The summed E-state index contributed by atoms with van der Waals surface area (Å²) in [7, 11) is 3.81. The fourth-order valence-electron chi connectivity index (χ4n) is 2.61. The van der Waals surface area contributed by atoms with Gasteiger partial charge in [-0.2, -0.15) is 9.78 Å². The number of methoxy groups -OCH3 is 1. The standard InChI is InChI=1S/C18H20N4OS/c1-20(12-15-8-10-17(23-2)11-9-15)14-22-18(24)21(13-19-22)16-6-4-3-5-7-16/h3-11,13H,12,14H2,1-2H3/p+1. The first-order valence-corrected chi connectivity index (χ1v) is 8.22. The van der Waals surface area contributed by atoms with Crippen molar-refractivity contribution in [3.63, 3.8) is 0 Å². The number of rotatable bonds is 6. The van der Waals surface area contributed by atoms with E-state index in [0.29, 0.717) is 11.4 Å². The van der Waals surface area contributed by atoms with Gasteiger partial charge in [0.25, 0.3) is 0 Å². The summed E-state index contributed by atoms with van der Waals surface area (Å²) in [6.07, 6.45) is 1.78. The maximum Gasteiger partial charge on any atom is 0.207 e. The Morgan fingerprint density at radius 1 is 1.08 bits per heavy atom. The van der Waals surface area contributed by atoms with Crippen LogP contribution in [0.4, 0.5) is 0 Å². The van der Waals surface area contributed by atoms with E-state index in [0.717, 1.165) is 18.0 Å². The largest absolute Gasteiger partial charge is 0.497 e. The molecule has 3 aromatic rings. The summed E-state index contributed by atoms with van der Waals surface area (Å²) < 4.78 is 9.69. The Morgan fingerprint density at radius 2 is 1.79 bits per heavy atom. The van der Waals surface area contributed by atoms with Gasteiger partial charge in [-0.3, -0.25) is 4.57 Å². The zero-order valence-corrected chi connectivity index (χ0v) is 14.7. The highest BCUT2D eigenvalue weighted by Crippen LogP contribution is 2.10. The molecule has 0 saturated carbocycles. The number of nitrogens with one attached hydrogen (secondary N) is 1. The van der Waals surface area contributed by atoms with Gasteiger partial charge >= 0.3 is 0 Å². The Hall–Kier alpha value is -2.44. The minimum atomic E-state index is 0.704. The summed E-state index contributed by atoms with van der Waals surface area (Å²) in [6.45, 7) is 1.61.